The molecule has 90 valence electrons. The van der Waals surface area contributed by atoms with E-state index in [0.717, 1.165) is 12.8 Å². The van der Waals surface area contributed by atoms with Crippen LogP contribution in [-0.4, -0.2) is 30.7 Å². The highest BCUT2D eigenvalue weighted by Crippen LogP contribution is 2.28. The van der Waals surface area contributed by atoms with Crippen LogP contribution in [0.4, 0.5) is 0 Å². The number of carbonyl (C=O) groups is 3. The van der Waals surface area contributed by atoms with Crippen molar-refractivity contribution in [3.63, 3.8) is 0 Å². The third-order valence-corrected chi connectivity index (χ3v) is 2.40. The minimum Gasteiger partial charge on any atom is -0.354 e. The zero-order valence-electron chi connectivity index (χ0n) is 9.54. The Kier molecular flexibility index (Phi) is 4.95. The number of Topliss-reactive ketones (excluding diaryl/α,β-unsaturated/α-hetero) is 1. The molecule has 0 radical (unpaired) electrons. The summed E-state index contributed by atoms with van der Waals surface area (Å²) in [5, 5.41) is 5.39. The molecule has 2 amide bonds. The molecule has 0 heterocycles. The van der Waals surface area contributed by atoms with Gasteiger partial charge in [-0.25, -0.2) is 0 Å². The van der Waals surface area contributed by atoms with Gasteiger partial charge in [0.1, 0.15) is 5.78 Å². The minimum atomic E-state index is -0.143. The summed E-state index contributed by atoms with van der Waals surface area (Å²) in [5.74, 6) is 0.152. The predicted octanol–water partition coefficient (Wildman–Crippen LogP) is -0.00200. The first kappa shape index (κ1) is 12.7. The molecule has 0 aliphatic heterocycles. The lowest BCUT2D eigenvalue weighted by molar-refractivity contribution is -0.125. The SMILES string of the molecule is CC(=O)CCC(=O)NCCNC(=O)C1CC1. The summed E-state index contributed by atoms with van der Waals surface area (Å²) in [6.07, 6.45) is 2.47. The summed E-state index contributed by atoms with van der Waals surface area (Å²) >= 11 is 0. The second kappa shape index (κ2) is 6.25. The van der Waals surface area contributed by atoms with Gasteiger partial charge in [0.25, 0.3) is 0 Å². The molecule has 1 aliphatic carbocycles. The van der Waals surface area contributed by atoms with Crippen molar-refractivity contribution in [1.82, 2.24) is 10.6 Å². The van der Waals surface area contributed by atoms with E-state index in [1.807, 2.05) is 0 Å². The van der Waals surface area contributed by atoms with Gasteiger partial charge in [0, 0.05) is 31.8 Å². The van der Waals surface area contributed by atoms with Crippen molar-refractivity contribution in [3.8, 4) is 0 Å². The lowest BCUT2D eigenvalue weighted by Crippen LogP contribution is -2.35. The van der Waals surface area contributed by atoms with Crippen molar-refractivity contribution in [1.29, 1.82) is 0 Å². The number of carbonyl (C=O) groups excluding carboxylic acids is 3. The lowest BCUT2D eigenvalue weighted by atomic mass is 10.2. The summed E-state index contributed by atoms with van der Waals surface area (Å²) < 4.78 is 0. The largest absolute Gasteiger partial charge is 0.354 e. The molecule has 1 saturated carbocycles. The standard InChI is InChI=1S/C11H18N2O3/c1-8(14)2-5-10(15)12-6-7-13-11(16)9-3-4-9/h9H,2-7H2,1H3,(H,12,15)(H,13,16). The number of nitrogens with one attached hydrogen (secondary N) is 2. The molecule has 0 aromatic carbocycles. The molecule has 5 heteroatoms. The summed E-state index contributed by atoms with van der Waals surface area (Å²) in [6, 6.07) is 0. The van der Waals surface area contributed by atoms with Crippen LogP contribution in [0.2, 0.25) is 0 Å². The fourth-order valence-electron chi connectivity index (χ4n) is 1.26. The fraction of sp³-hybridized carbons (Fsp3) is 0.727. The van der Waals surface area contributed by atoms with Gasteiger partial charge >= 0.3 is 0 Å². The van der Waals surface area contributed by atoms with Crippen LogP contribution < -0.4 is 10.6 Å². The summed E-state index contributed by atoms with van der Waals surface area (Å²) in [7, 11) is 0. The Morgan fingerprint density at radius 2 is 1.69 bits per heavy atom. The van der Waals surface area contributed by atoms with E-state index in [1.165, 1.54) is 6.92 Å². The molecule has 0 unspecified atom stereocenters. The Bertz CT molecular complexity index is 285. The second-order valence-electron chi connectivity index (χ2n) is 4.12. The third kappa shape index (κ3) is 5.48. The van der Waals surface area contributed by atoms with Crippen molar-refractivity contribution < 1.29 is 14.4 Å². The van der Waals surface area contributed by atoms with Gasteiger partial charge in [-0.1, -0.05) is 0 Å². The molecule has 0 atom stereocenters. The average Bonchev–Trinajstić information content (AvgIpc) is 3.04. The van der Waals surface area contributed by atoms with Crippen LogP contribution in [0.5, 0.6) is 0 Å². The van der Waals surface area contributed by atoms with Gasteiger partial charge in [-0.05, 0) is 19.8 Å². The summed E-state index contributed by atoms with van der Waals surface area (Å²) in [6.45, 7) is 2.35. The molecule has 1 aliphatic rings. The molecular formula is C11H18N2O3. The highest BCUT2D eigenvalue weighted by atomic mass is 16.2. The Morgan fingerprint density at radius 3 is 2.25 bits per heavy atom. The number of rotatable bonds is 7. The second-order valence-corrected chi connectivity index (χ2v) is 4.12. The van der Waals surface area contributed by atoms with Crippen LogP contribution in [0.15, 0.2) is 0 Å². The van der Waals surface area contributed by atoms with Crippen molar-refractivity contribution in [2.24, 2.45) is 5.92 Å². The van der Waals surface area contributed by atoms with E-state index in [4.69, 9.17) is 0 Å². The molecular weight excluding hydrogens is 208 g/mol. The topological polar surface area (TPSA) is 75.3 Å². The fourth-order valence-corrected chi connectivity index (χ4v) is 1.26. The van der Waals surface area contributed by atoms with Crippen LogP contribution in [0.1, 0.15) is 32.6 Å². The maximum Gasteiger partial charge on any atom is 0.223 e. The quantitative estimate of drug-likeness (QED) is 0.600. The van der Waals surface area contributed by atoms with Gasteiger partial charge in [-0.3, -0.25) is 9.59 Å². The van der Waals surface area contributed by atoms with Gasteiger partial charge in [0.2, 0.25) is 11.8 Å². The van der Waals surface area contributed by atoms with Crippen molar-refractivity contribution >= 4 is 17.6 Å². The van der Waals surface area contributed by atoms with E-state index < -0.39 is 0 Å². The molecule has 0 bridgehead atoms. The first-order valence-electron chi connectivity index (χ1n) is 5.63. The Hall–Kier alpha value is -1.39. The number of hydrogen-bond donors (Lipinski definition) is 2. The van der Waals surface area contributed by atoms with Gasteiger partial charge < -0.3 is 15.4 Å². The number of ketones is 1. The molecule has 0 spiro atoms. The smallest absolute Gasteiger partial charge is 0.223 e. The molecule has 0 aromatic rings. The van der Waals surface area contributed by atoms with Crippen LogP contribution in [0.3, 0.4) is 0 Å². The van der Waals surface area contributed by atoms with Crippen LogP contribution in [0.25, 0.3) is 0 Å². The van der Waals surface area contributed by atoms with E-state index in [0.29, 0.717) is 13.1 Å². The minimum absolute atomic E-state index is 0.0113. The van der Waals surface area contributed by atoms with E-state index in [9.17, 15) is 14.4 Å². The van der Waals surface area contributed by atoms with Crippen molar-refractivity contribution in [2.75, 3.05) is 13.1 Å². The summed E-state index contributed by atoms with van der Waals surface area (Å²) in [4.78, 5) is 33.0. The highest BCUT2D eigenvalue weighted by Gasteiger charge is 2.28. The molecule has 0 saturated heterocycles. The zero-order chi connectivity index (χ0) is 12.0. The molecule has 1 rings (SSSR count). The van der Waals surface area contributed by atoms with Crippen LogP contribution >= 0.6 is 0 Å². The molecule has 0 aromatic heterocycles. The Balaban J connectivity index is 1.95. The predicted molar refractivity (Wildman–Crippen MR) is 58.7 cm³/mol. The summed E-state index contributed by atoms with van der Waals surface area (Å²) in [5.41, 5.74) is 0. The number of hydrogen-bond acceptors (Lipinski definition) is 3. The molecule has 1 fully saturated rings. The van der Waals surface area contributed by atoms with Crippen LogP contribution in [-0.2, 0) is 14.4 Å². The van der Waals surface area contributed by atoms with E-state index in [-0.39, 0.29) is 36.4 Å². The van der Waals surface area contributed by atoms with E-state index in [2.05, 4.69) is 10.6 Å². The normalized spacial score (nSPS) is 14.3. The maximum atomic E-state index is 11.2. The number of amides is 2. The molecule has 16 heavy (non-hydrogen) atoms. The van der Waals surface area contributed by atoms with Gasteiger partial charge in [-0.15, -0.1) is 0 Å². The zero-order valence-corrected chi connectivity index (χ0v) is 9.54. The van der Waals surface area contributed by atoms with Gasteiger partial charge in [0.15, 0.2) is 0 Å². The van der Waals surface area contributed by atoms with Gasteiger partial charge in [0.05, 0.1) is 0 Å². The van der Waals surface area contributed by atoms with Crippen molar-refractivity contribution in [2.45, 2.75) is 32.6 Å². The molecule has 2 N–H and O–H groups in total. The monoisotopic (exact) mass is 226 g/mol. The molecule has 5 nitrogen and oxygen atoms in total. The lowest BCUT2D eigenvalue weighted by Gasteiger charge is -2.05. The van der Waals surface area contributed by atoms with E-state index >= 15 is 0 Å². The average molecular weight is 226 g/mol. The highest BCUT2D eigenvalue weighted by molar-refractivity contribution is 5.83. The van der Waals surface area contributed by atoms with Gasteiger partial charge in [-0.2, -0.15) is 0 Å². The van der Waals surface area contributed by atoms with Crippen molar-refractivity contribution in [3.05, 3.63) is 0 Å². The maximum absolute atomic E-state index is 11.2. The van der Waals surface area contributed by atoms with Crippen LogP contribution in [0, 0.1) is 5.92 Å². The van der Waals surface area contributed by atoms with E-state index in [1.54, 1.807) is 0 Å². The Morgan fingerprint density at radius 1 is 1.06 bits per heavy atom. The first-order valence-corrected chi connectivity index (χ1v) is 5.63. The first-order chi connectivity index (χ1) is 7.59. The third-order valence-electron chi connectivity index (χ3n) is 2.40. The Labute approximate surface area is 95.0 Å².